The molecule has 0 aliphatic rings. The van der Waals surface area contributed by atoms with Gasteiger partial charge < -0.3 is 10.1 Å². The normalized spacial score (nSPS) is 10.7. The number of aryl methyl sites for hydroxylation is 1. The Bertz CT molecular complexity index is 1690. The van der Waals surface area contributed by atoms with Gasteiger partial charge in [-0.1, -0.05) is 47.0 Å². The van der Waals surface area contributed by atoms with E-state index < -0.39 is 22.5 Å². The molecule has 0 bridgehead atoms. The van der Waals surface area contributed by atoms with Crippen LogP contribution in [0.2, 0.25) is 10.0 Å². The second kappa shape index (κ2) is 12.9. The molecule has 0 fully saturated rings. The standard InChI is InChI=1S/C29H20Cl2N4O6/c1-17-4-2-5-19(14-17)27(36)33-22-11-8-18(9-12-22)28(37)34-32-16-20-6-3-7-25(35(39)40)26(20)41-29(38)23-13-10-21(30)15-24(23)31/h2-16H,1H3,(H,33,36)(H,34,37)/b32-16+. The molecule has 4 rings (SSSR count). The van der Waals surface area contributed by atoms with Crippen molar-refractivity contribution in [2.75, 3.05) is 5.32 Å². The summed E-state index contributed by atoms with van der Waals surface area (Å²) < 4.78 is 5.32. The summed E-state index contributed by atoms with van der Waals surface area (Å²) in [5, 5.41) is 18.5. The smallest absolute Gasteiger partial charge is 0.345 e. The maximum Gasteiger partial charge on any atom is 0.345 e. The van der Waals surface area contributed by atoms with E-state index in [0.29, 0.717) is 16.3 Å². The number of amides is 2. The van der Waals surface area contributed by atoms with Gasteiger partial charge in [-0.25, -0.2) is 10.2 Å². The molecule has 4 aromatic carbocycles. The first-order valence-electron chi connectivity index (χ1n) is 11.9. The van der Waals surface area contributed by atoms with Crippen LogP contribution in [-0.4, -0.2) is 28.9 Å². The maximum absolute atomic E-state index is 12.7. The van der Waals surface area contributed by atoms with Gasteiger partial charge in [-0.05, 0) is 67.6 Å². The Balaban J connectivity index is 1.46. The van der Waals surface area contributed by atoms with Crippen LogP contribution in [0.15, 0.2) is 90.0 Å². The van der Waals surface area contributed by atoms with Crippen molar-refractivity contribution in [3.8, 4) is 5.75 Å². The van der Waals surface area contributed by atoms with Gasteiger partial charge >= 0.3 is 11.7 Å². The van der Waals surface area contributed by atoms with Crippen molar-refractivity contribution in [3.63, 3.8) is 0 Å². The molecule has 0 atom stereocenters. The molecule has 0 aliphatic heterocycles. The number of benzene rings is 4. The van der Waals surface area contributed by atoms with Crippen molar-refractivity contribution < 1.29 is 24.0 Å². The van der Waals surface area contributed by atoms with E-state index in [0.717, 1.165) is 17.8 Å². The van der Waals surface area contributed by atoms with Crippen LogP contribution in [0.25, 0.3) is 0 Å². The van der Waals surface area contributed by atoms with Crippen molar-refractivity contribution in [3.05, 3.63) is 133 Å². The Morgan fingerprint density at radius 3 is 2.32 bits per heavy atom. The molecule has 2 amide bonds. The van der Waals surface area contributed by atoms with Crippen LogP contribution >= 0.6 is 23.2 Å². The first kappa shape index (κ1) is 28.9. The van der Waals surface area contributed by atoms with Gasteiger partial charge in [0.25, 0.3) is 11.8 Å². The second-order valence-corrected chi connectivity index (χ2v) is 9.41. The van der Waals surface area contributed by atoms with Crippen molar-refractivity contribution in [2.24, 2.45) is 5.10 Å². The fourth-order valence-electron chi connectivity index (χ4n) is 3.62. The summed E-state index contributed by atoms with van der Waals surface area (Å²) in [4.78, 5) is 48.6. The van der Waals surface area contributed by atoms with E-state index in [9.17, 15) is 24.5 Å². The summed E-state index contributed by atoms with van der Waals surface area (Å²) in [6.07, 6.45) is 1.10. The number of anilines is 1. The van der Waals surface area contributed by atoms with E-state index in [1.54, 1.807) is 30.3 Å². The monoisotopic (exact) mass is 590 g/mol. The second-order valence-electron chi connectivity index (χ2n) is 8.57. The van der Waals surface area contributed by atoms with Crippen molar-refractivity contribution in [1.29, 1.82) is 0 Å². The third-order valence-corrected chi connectivity index (χ3v) is 6.17. The fourth-order valence-corrected chi connectivity index (χ4v) is 4.11. The lowest BCUT2D eigenvalue weighted by Crippen LogP contribution is -2.18. The van der Waals surface area contributed by atoms with Crippen LogP contribution in [0.4, 0.5) is 11.4 Å². The number of carbonyl (C=O) groups is 3. The largest absolute Gasteiger partial charge is 0.415 e. The number of ether oxygens (including phenoxy) is 1. The van der Waals surface area contributed by atoms with Crippen LogP contribution < -0.4 is 15.5 Å². The Hall–Kier alpha value is -5.06. The molecular formula is C29H20Cl2N4O6. The van der Waals surface area contributed by atoms with Gasteiger partial charge in [-0.15, -0.1) is 0 Å². The Kier molecular flexibility index (Phi) is 9.08. The predicted octanol–water partition coefficient (Wildman–Crippen LogP) is 6.45. The van der Waals surface area contributed by atoms with E-state index in [2.05, 4.69) is 15.8 Å². The predicted molar refractivity (Wildman–Crippen MR) is 155 cm³/mol. The molecule has 10 nitrogen and oxygen atoms in total. The molecule has 0 saturated heterocycles. The molecular weight excluding hydrogens is 571 g/mol. The first-order chi connectivity index (χ1) is 19.6. The van der Waals surface area contributed by atoms with E-state index >= 15 is 0 Å². The number of rotatable bonds is 8. The molecule has 12 heteroatoms. The van der Waals surface area contributed by atoms with E-state index in [1.165, 1.54) is 42.5 Å². The van der Waals surface area contributed by atoms with E-state index in [1.807, 2.05) is 13.0 Å². The lowest BCUT2D eigenvalue weighted by atomic mass is 10.1. The molecule has 0 radical (unpaired) electrons. The van der Waals surface area contributed by atoms with Crippen LogP contribution in [0.3, 0.4) is 0 Å². The average Bonchev–Trinajstić information content (AvgIpc) is 2.93. The number of hydrazone groups is 1. The first-order valence-corrected chi connectivity index (χ1v) is 12.6. The van der Waals surface area contributed by atoms with Gasteiger partial charge in [-0.3, -0.25) is 19.7 Å². The van der Waals surface area contributed by atoms with Crippen molar-refractivity contribution >= 4 is 58.6 Å². The number of nitro benzene ring substituents is 1. The highest BCUT2D eigenvalue weighted by atomic mass is 35.5. The van der Waals surface area contributed by atoms with Gasteiger partial charge in [-0.2, -0.15) is 5.10 Å². The molecule has 0 spiro atoms. The van der Waals surface area contributed by atoms with E-state index in [-0.39, 0.29) is 33.4 Å². The van der Waals surface area contributed by atoms with Gasteiger partial charge in [0.1, 0.15) is 0 Å². The zero-order chi connectivity index (χ0) is 29.5. The third-order valence-electron chi connectivity index (χ3n) is 5.62. The van der Waals surface area contributed by atoms with Crippen LogP contribution in [-0.2, 0) is 0 Å². The Labute approximate surface area is 243 Å². The lowest BCUT2D eigenvalue weighted by Gasteiger charge is -2.09. The molecule has 0 heterocycles. The minimum Gasteiger partial charge on any atom is -0.415 e. The summed E-state index contributed by atoms with van der Waals surface area (Å²) in [5.41, 5.74) is 3.99. The number of nitrogens with one attached hydrogen (secondary N) is 2. The van der Waals surface area contributed by atoms with Crippen molar-refractivity contribution in [1.82, 2.24) is 5.43 Å². The Morgan fingerprint density at radius 2 is 1.63 bits per heavy atom. The van der Waals surface area contributed by atoms with Crippen LogP contribution in [0.1, 0.15) is 42.2 Å². The molecule has 0 aromatic heterocycles. The van der Waals surface area contributed by atoms with Gasteiger partial charge in [0.2, 0.25) is 5.75 Å². The van der Waals surface area contributed by atoms with Crippen molar-refractivity contribution in [2.45, 2.75) is 6.92 Å². The quantitative estimate of drug-likeness (QED) is 0.0794. The number of esters is 1. The number of carbonyl (C=O) groups excluding carboxylic acids is 3. The molecule has 206 valence electrons. The number of nitrogens with zero attached hydrogens (tertiary/aromatic N) is 2. The molecule has 0 saturated carbocycles. The number of nitro groups is 1. The number of para-hydroxylation sites is 1. The summed E-state index contributed by atoms with van der Waals surface area (Å²) >= 11 is 11.9. The minimum atomic E-state index is -0.950. The Morgan fingerprint density at radius 1 is 0.902 bits per heavy atom. The van der Waals surface area contributed by atoms with Gasteiger partial charge in [0.05, 0.1) is 21.7 Å². The molecule has 2 N–H and O–H groups in total. The van der Waals surface area contributed by atoms with Crippen LogP contribution in [0.5, 0.6) is 5.75 Å². The topological polar surface area (TPSA) is 140 Å². The zero-order valence-electron chi connectivity index (χ0n) is 21.3. The fraction of sp³-hybridized carbons (Fsp3) is 0.0345. The summed E-state index contributed by atoms with van der Waals surface area (Å²) in [6, 6.07) is 21.3. The molecule has 41 heavy (non-hydrogen) atoms. The van der Waals surface area contributed by atoms with Crippen LogP contribution in [0, 0.1) is 17.0 Å². The highest BCUT2D eigenvalue weighted by Gasteiger charge is 2.23. The highest BCUT2D eigenvalue weighted by molar-refractivity contribution is 6.36. The summed E-state index contributed by atoms with van der Waals surface area (Å²) in [6.45, 7) is 1.89. The number of hydrogen-bond donors (Lipinski definition) is 2. The lowest BCUT2D eigenvalue weighted by molar-refractivity contribution is -0.385. The summed E-state index contributed by atoms with van der Waals surface area (Å²) in [7, 11) is 0. The molecule has 4 aromatic rings. The van der Waals surface area contributed by atoms with E-state index in [4.69, 9.17) is 27.9 Å². The van der Waals surface area contributed by atoms with Gasteiger partial charge in [0, 0.05) is 33.5 Å². The van der Waals surface area contributed by atoms with Gasteiger partial charge in [0.15, 0.2) is 0 Å². The average molecular weight is 591 g/mol. The SMILES string of the molecule is Cc1cccc(C(=O)Nc2ccc(C(=O)N/N=C/c3cccc([N+](=O)[O-])c3OC(=O)c3ccc(Cl)cc3Cl)cc2)c1. The maximum atomic E-state index is 12.7. The molecule has 0 unspecified atom stereocenters. The summed E-state index contributed by atoms with van der Waals surface area (Å²) in [5.74, 6) is -2.22. The minimum absolute atomic E-state index is 0.00399. The highest BCUT2D eigenvalue weighted by Crippen LogP contribution is 2.32. The molecule has 0 aliphatic carbocycles. The number of halogens is 2. The zero-order valence-corrected chi connectivity index (χ0v) is 22.8. The number of hydrogen-bond acceptors (Lipinski definition) is 7. The third kappa shape index (κ3) is 7.33.